The van der Waals surface area contributed by atoms with Gasteiger partial charge in [-0.25, -0.2) is 4.39 Å². The van der Waals surface area contributed by atoms with Crippen molar-refractivity contribution in [2.24, 2.45) is 0 Å². The van der Waals surface area contributed by atoms with Gasteiger partial charge >= 0.3 is 5.97 Å². The molecule has 6 heteroatoms. The Labute approximate surface area is 144 Å². The molecule has 0 aliphatic rings. The Morgan fingerprint density at radius 3 is 2.74 bits per heavy atom. The van der Waals surface area contributed by atoms with Crippen LogP contribution in [0.2, 0.25) is 0 Å². The molecule has 0 saturated carbocycles. The Morgan fingerprint density at radius 1 is 1.26 bits per heavy atom. The Hall–Kier alpha value is -1.69. The number of rotatable bonds is 9. The van der Waals surface area contributed by atoms with Crippen LogP contribution in [0.25, 0.3) is 6.08 Å². The van der Waals surface area contributed by atoms with Gasteiger partial charge in [0.2, 0.25) is 5.91 Å². The first-order valence-electron chi connectivity index (χ1n) is 7.50. The summed E-state index contributed by atoms with van der Waals surface area (Å²) < 4.78 is 18.8. The Kier molecular flexibility index (Phi) is 9.21. The van der Waals surface area contributed by atoms with E-state index in [1.807, 2.05) is 0 Å². The summed E-state index contributed by atoms with van der Waals surface area (Å²) in [5.74, 6) is -0.815. The van der Waals surface area contributed by atoms with Crippen molar-refractivity contribution >= 4 is 33.9 Å². The van der Waals surface area contributed by atoms with Gasteiger partial charge in [-0.1, -0.05) is 28.8 Å². The van der Waals surface area contributed by atoms with E-state index >= 15 is 0 Å². The van der Waals surface area contributed by atoms with Gasteiger partial charge in [0.1, 0.15) is 5.82 Å². The Balaban J connectivity index is 2.18. The maximum absolute atomic E-state index is 13.5. The van der Waals surface area contributed by atoms with Gasteiger partial charge in [-0.2, -0.15) is 0 Å². The fraction of sp³-hybridized carbons (Fsp3) is 0.412. The maximum atomic E-state index is 13.5. The number of amides is 1. The molecule has 0 fully saturated rings. The SMILES string of the molecule is COC(=O)CCCCCCNC(=O)/C=C/c1cc(Br)ccc1F. The molecule has 0 heterocycles. The number of esters is 1. The van der Waals surface area contributed by atoms with Gasteiger partial charge in [0, 0.05) is 29.1 Å². The molecule has 0 aliphatic heterocycles. The van der Waals surface area contributed by atoms with Crippen molar-refractivity contribution in [3.8, 4) is 0 Å². The van der Waals surface area contributed by atoms with E-state index in [-0.39, 0.29) is 17.7 Å². The lowest BCUT2D eigenvalue weighted by Gasteiger charge is -2.03. The highest BCUT2D eigenvalue weighted by Gasteiger charge is 2.01. The van der Waals surface area contributed by atoms with Gasteiger partial charge in [0.05, 0.1) is 7.11 Å². The minimum absolute atomic E-state index is 0.191. The van der Waals surface area contributed by atoms with Gasteiger partial charge in [-0.3, -0.25) is 9.59 Å². The molecular formula is C17H21BrFNO3. The van der Waals surface area contributed by atoms with Crippen LogP contribution >= 0.6 is 15.9 Å². The third-order valence-corrected chi connectivity index (χ3v) is 3.70. The highest BCUT2D eigenvalue weighted by atomic mass is 79.9. The Bertz CT molecular complexity index is 561. The molecule has 4 nitrogen and oxygen atoms in total. The molecule has 126 valence electrons. The third kappa shape index (κ3) is 8.50. The summed E-state index contributed by atoms with van der Waals surface area (Å²) in [4.78, 5) is 22.5. The number of nitrogens with one attached hydrogen (secondary N) is 1. The zero-order valence-electron chi connectivity index (χ0n) is 13.1. The smallest absolute Gasteiger partial charge is 0.305 e. The second-order valence-corrected chi connectivity index (χ2v) is 5.95. The van der Waals surface area contributed by atoms with Crippen molar-refractivity contribution in [1.82, 2.24) is 5.32 Å². The number of methoxy groups -OCH3 is 1. The molecule has 1 aromatic carbocycles. The molecule has 1 aromatic rings. The van der Waals surface area contributed by atoms with Crippen LogP contribution in [0.1, 0.15) is 37.7 Å². The summed E-state index contributed by atoms with van der Waals surface area (Å²) in [5.41, 5.74) is 0.359. The number of carbonyl (C=O) groups excluding carboxylic acids is 2. The largest absolute Gasteiger partial charge is 0.469 e. The molecule has 0 spiro atoms. The summed E-state index contributed by atoms with van der Waals surface area (Å²) in [6.45, 7) is 0.558. The van der Waals surface area contributed by atoms with E-state index in [4.69, 9.17) is 0 Å². The minimum Gasteiger partial charge on any atom is -0.469 e. The van der Waals surface area contributed by atoms with Crippen LogP contribution in [0.4, 0.5) is 4.39 Å². The predicted octanol–water partition coefficient (Wildman–Crippen LogP) is 3.84. The third-order valence-electron chi connectivity index (χ3n) is 3.21. The van der Waals surface area contributed by atoms with Crippen LogP contribution in [0.15, 0.2) is 28.7 Å². The zero-order valence-corrected chi connectivity index (χ0v) is 14.7. The second-order valence-electron chi connectivity index (χ2n) is 5.03. The van der Waals surface area contributed by atoms with Crippen LogP contribution in [-0.4, -0.2) is 25.5 Å². The van der Waals surface area contributed by atoms with Crippen LogP contribution in [0.5, 0.6) is 0 Å². The number of benzene rings is 1. The van der Waals surface area contributed by atoms with Crippen molar-refractivity contribution in [2.75, 3.05) is 13.7 Å². The van der Waals surface area contributed by atoms with Crippen molar-refractivity contribution in [3.63, 3.8) is 0 Å². The molecule has 0 aromatic heterocycles. The first-order valence-corrected chi connectivity index (χ1v) is 8.30. The van der Waals surface area contributed by atoms with Crippen LogP contribution < -0.4 is 5.32 Å². The van der Waals surface area contributed by atoms with Crippen molar-refractivity contribution in [2.45, 2.75) is 32.1 Å². The fourth-order valence-electron chi connectivity index (χ4n) is 1.93. The lowest BCUT2D eigenvalue weighted by atomic mass is 10.1. The lowest BCUT2D eigenvalue weighted by Crippen LogP contribution is -2.22. The van der Waals surface area contributed by atoms with E-state index in [0.717, 1.165) is 30.2 Å². The number of ether oxygens (including phenoxy) is 1. The van der Waals surface area contributed by atoms with E-state index in [9.17, 15) is 14.0 Å². The van der Waals surface area contributed by atoms with E-state index < -0.39 is 0 Å². The van der Waals surface area contributed by atoms with Crippen molar-refractivity contribution < 1.29 is 18.7 Å². The summed E-state index contributed by atoms with van der Waals surface area (Å²) in [5, 5.41) is 2.75. The minimum atomic E-state index is -0.372. The van der Waals surface area contributed by atoms with Crippen LogP contribution in [0, 0.1) is 5.82 Å². The lowest BCUT2D eigenvalue weighted by molar-refractivity contribution is -0.140. The molecule has 0 unspecified atom stereocenters. The zero-order chi connectivity index (χ0) is 17.1. The highest BCUT2D eigenvalue weighted by molar-refractivity contribution is 9.10. The van der Waals surface area contributed by atoms with Crippen molar-refractivity contribution in [1.29, 1.82) is 0 Å². The summed E-state index contributed by atoms with van der Waals surface area (Å²) in [6, 6.07) is 4.56. The van der Waals surface area contributed by atoms with Gasteiger partial charge in [-0.15, -0.1) is 0 Å². The van der Waals surface area contributed by atoms with Gasteiger partial charge in [0.25, 0.3) is 0 Å². The molecule has 1 rings (SSSR count). The normalized spacial score (nSPS) is 10.7. The molecule has 0 saturated heterocycles. The fourth-order valence-corrected chi connectivity index (χ4v) is 2.31. The van der Waals surface area contributed by atoms with E-state index in [0.29, 0.717) is 18.5 Å². The van der Waals surface area contributed by atoms with Crippen molar-refractivity contribution in [3.05, 3.63) is 40.1 Å². The quantitative estimate of drug-likeness (QED) is 0.399. The predicted molar refractivity (Wildman–Crippen MR) is 91.2 cm³/mol. The van der Waals surface area contributed by atoms with Gasteiger partial charge < -0.3 is 10.1 Å². The molecule has 0 atom stereocenters. The average Bonchev–Trinajstić information content (AvgIpc) is 2.54. The average molecular weight is 386 g/mol. The number of carbonyl (C=O) groups is 2. The molecule has 1 N–H and O–H groups in total. The molecule has 0 aliphatic carbocycles. The summed E-state index contributed by atoms with van der Waals surface area (Å²) in [7, 11) is 1.38. The van der Waals surface area contributed by atoms with Crippen LogP contribution in [-0.2, 0) is 14.3 Å². The molecule has 0 bridgehead atoms. The number of halogens is 2. The number of hydrogen-bond acceptors (Lipinski definition) is 3. The monoisotopic (exact) mass is 385 g/mol. The molecule has 1 amide bonds. The molecule has 23 heavy (non-hydrogen) atoms. The number of hydrogen-bond donors (Lipinski definition) is 1. The molecule has 0 radical (unpaired) electrons. The van der Waals surface area contributed by atoms with Gasteiger partial charge in [0.15, 0.2) is 0 Å². The first-order chi connectivity index (χ1) is 11.0. The standard InChI is InChI=1S/C17H21BrFNO3/c1-23-17(22)6-4-2-3-5-11-20-16(21)10-7-13-12-14(18)8-9-15(13)19/h7-10,12H,2-6,11H2,1H3,(H,20,21)/b10-7+. The first kappa shape index (κ1) is 19.4. The van der Waals surface area contributed by atoms with Crippen LogP contribution in [0.3, 0.4) is 0 Å². The number of unbranched alkanes of at least 4 members (excludes halogenated alkanes) is 3. The van der Waals surface area contributed by atoms with E-state index in [1.165, 1.54) is 25.3 Å². The summed E-state index contributed by atoms with van der Waals surface area (Å²) in [6.07, 6.45) is 6.69. The van der Waals surface area contributed by atoms with Gasteiger partial charge in [-0.05, 0) is 37.1 Å². The van der Waals surface area contributed by atoms with E-state index in [1.54, 1.807) is 12.1 Å². The summed E-state index contributed by atoms with van der Waals surface area (Å²) >= 11 is 3.26. The Morgan fingerprint density at radius 2 is 2.00 bits per heavy atom. The second kappa shape index (κ2) is 10.9. The molecular weight excluding hydrogens is 365 g/mol. The topological polar surface area (TPSA) is 55.4 Å². The highest BCUT2D eigenvalue weighted by Crippen LogP contribution is 2.16. The maximum Gasteiger partial charge on any atom is 0.305 e. The van der Waals surface area contributed by atoms with E-state index in [2.05, 4.69) is 26.0 Å².